The molecule has 0 aliphatic rings. The van der Waals surface area contributed by atoms with E-state index in [0.717, 1.165) is 24.3 Å². The average molecular weight is 328 g/mol. The molecule has 0 aromatic heterocycles. The van der Waals surface area contributed by atoms with E-state index < -0.39 is 29.1 Å². The lowest BCUT2D eigenvalue weighted by Gasteiger charge is -2.13. The Morgan fingerprint density at radius 2 is 1.91 bits per heavy atom. The Balaban J connectivity index is 2.19. The molecule has 0 radical (unpaired) electrons. The van der Waals surface area contributed by atoms with Crippen LogP contribution in [0.1, 0.15) is 27.0 Å². The van der Waals surface area contributed by atoms with Gasteiger partial charge in [-0.2, -0.15) is 13.2 Å². The lowest BCUT2D eigenvalue weighted by molar-refractivity contribution is -0.137. The second-order valence-electron chi connectivity index (χ2n) is 4.85. The quantitative estimate of drug-likeness (QED) is 0.845. The largest absolute Gasteiger partial charge is 0.489 e. The Bertz CT molecular complexity index is 739. The van der Waals surface area contributed by atoms with Gasteiger partial charge in [0.05, 0.1) is 11.1 Å². The molecule has 7 heteroatoms. The van der Waals surface area contributed by atoms with E-state index in [4.69, 9.17) is 9.84 Å². The van der Waals surface area contributed by atoms with Gasteiger partial charge in [0.25, 0.3) is 0 Å². The Labute approximate surface area is 129 Å². The van der Waals surface area contributed by atoms with Crippen LogP contribution in [0.15, 0.2) is 36.4 Å². The summed E-state index contributed by atoms with van der Waals surface area (Å²) in [6.07, 6.45) is -4.45. The first-order chi connectivity index (χ1) is 10.7. The van der Waals surface area contributed by atoms with E-state index in [1.165, 1.54) is 19.1 Å². The third-order valence-electron chi connectivity index (χ3n) is 3.19. The summed E-state index contributed by atoms with van der Waals surface area (Å²) >= 11 is 0. The normalized spacial score (nSPS) is 11.3. The minimum atomic E-state index is -4.45. The van der Waals surface area contributed by atoms with Crippen LogP contribution in [-0.2, 0) is 12.8 Å². The minimum absolute atomic E-state index is 0.00389. The summed E-state index contributed by atoms with van der Waals surface area (Å²) < 4.78 is 57.0. The van der Waals surface area contributed by atoms with Crippen LogP contribution < -0.4 is 4.74 Å². The van der Waals surface area contributed by atoms with Gasteiger partial charge in [-0.15, -0.1) is 0 Å². The monoisotopic (exact) mass is 328 g/mol. The fraction of sp³-hybridized carbons (Fsp3) is 0.188. The molecule has 1 N–H and O–H groups in total. The smallest absolute Gasteiger partial charge is 0.416 e. The molecule has 0 saturated carbocycles. The van der Waals surface area contributed by atoms with Gasteiger partial charge in [-0.1, -0.05) is 12.1 Å². The number of aryl methyl sites for hydroxylation is 1. The summed E-state index contributed by atoms with van der Waals surface area (Å²) in [4.78, 5) is 10.8. The Morgan fingerprint density at radius 3 is 2.48 bits per heavy atom. The number of alkyl halides is 3. The van der Waals surface area contributed by atoms with E-state index in [1.807, 2.05) is 0 Å². The van der Waals surface area contributed by atoms with Gasteiger partial charge in [0.2, 0.25) is 0 Å². The zero-order valence-electron chi connectivity index (χ0n) is 11.9. The molecule has 0 atom stereocenters. The standard InChI is InChI=1S/C16H12F4O3/c1-9-7-11(16(18,19)20)5-6-13(9)23-8-10-3-2-4-12(14(10)17)15(21)22/h2-7H,8H2,1H3,(H,21,22). The van der Waals surface area contributed by atoms with Crippen LogP contribution in [0, 0.1) is 12.7 Å². The molecule has 0 amide bonds. The third kappa shape index (κ3) is 3.80. The first-order valence-corrected chi connectivity index (χ1v) is 6.51. The molecule has 0 bridgehead atoms. The highest BCUT2D eigenvalue weighted by molar-refractivity contribution is 5.88. The molecule has 0 spiro atoms. The molecule has 2 rings (SSSR count). The van der Waals surface area contributed by atoms with Crippen LogP contribution in [0.2, 0.25) is 0 Å². The molecular formula is C16H12F4O3. The first-order valence-electron chi connectivity index (χ1n) is 6.51. The van der Waals surface area contributed by atoms with E-state index in [9.17, 15) is 22.4 Å². The van der Waals surface area contributed by atoms with Crippen molar-refractivity contribution >= 4 is 5.97 Å². The number of ether oxygens (including phenoxy) is 1. The number of hydrogen-bond donors (Lipinski definition) is 1. The van der Waals surface area contributed by atoms with Crippen molar-refractivity contribution in [3.8, 4) is 5.75 Å². The summed E-state index contributed by atoms with van der Waals surface area (Å²) in [5.74, 6) is -2.17. The van der Waals surface area contributed by atoms with Crippen molar-refractivity contribution in [3.63, 3.8) is 0 Å². The van der Waals surface area contributed by atoms with Crippen molar-refractivity contribution in [2.75, 3.05) is 0 Å². The number of halogens is 4. The van der Waals surface area contributed by atoms with Crippen molar-refractivity contribution in [1.82, 2.24) is 0 Å². The zero-order valence-corrected chi connectivity index (χ0v) is 11.9. The van der Waals surface area contributed by atoms with Gasteiger partial charge in [0.1, 0.15) is 18.2 Å². The number of carbonyl (C=O) groups is 1. The Kier molecular flexibility index (Phi) is 4.58. The van der Waals surface area contributed by atoms with Crippen LogP contribution >= 0.6 is 0 Å². The third-order valence-corrected chi connectivity index (χ3v) is 3.19. The molecule has 122 valence electrons. The summed E-state index contributed by atoms with van der Waals surface area (Å²) in [6.45, 7) is 1.15. The van der Waals surface area contributed by atoms with E-state index >= 15 is 0 Å². The topological polar surface area (TPSA) is 46.5 Å². The van der Waals surface area contributed by atoms with Crippen molar-refractivity contribution in [2.45, 2.75) is 19.7 Å². The number of carboxylic acid groups (broad SMARTS) is 1. The van der Waals surface area contributed by atoms with Crippen LogP contribution in [0.5, 0.6) is 5.75 Å². The van der Waals surface area contributed by atoms with Gasteiger partial charge in [0, 0.05) is 5.56 Å². The highest BCUT2D eigenvalue weighted by Gasteiger charge is 2.30. The van der Waals surface area contributed by atoms with Crippen molar-refractivity contribution < 1.29 is 32.2 Å². The van der Waals surface area contributed by atoms with Crippen molar-refractivity contribution in [2.24, 2.45) is 0 Å². The molecule has 0 aliphatic carbocycles. The first kappa shape index (κ1) is 16.8. The summed E-state index contributed by atoms with van der Waals surface area (Å²) in [5.41, 5.74) is -1.05. The summed E-state index contributed by atoms with van der Waals surface area (Å²) in [7, 11) is 0. The van der Waals surface area contributed by atoms with Gasteiger partial charge >= 0.3 is 12.1 Å². The fourth-order valence-electron chi connectivity index (χ4n) is 2.00. The number of aromatic carboxylic acids is 1. The highest BCUT2D eigenvalue weighted by Crippen LogP contribution is 2.32. The number of carboxylic acids is 1. The van der Waals surface area contributed by atoms with Crippen LogP contribution in [0.4, 0.5) is 17.6 Å². The molecular weight excluding hydrogens is 316 g/mol. The van der Waals surface area contributed by atoms with E-state index in [0.29, 0.717) is 0 Å². The summed E-state index contributed by atoms with van der Waals surface area (Å²) in [6, 6.07) is 6.78. The van der Waals surface area contributed by atoms with Crippen LogP contribution in [0.25, 0.3) is 0 Å². The molecule has 0 saturated heterocycles. The molecule has 2 aromatic rings. The van der Waals surface area contributed by atoms with E-state index in [-0.39, 0.29) is 23.5 Å². The lowest BCUT2D eigenvalue weighted by atomic mass is 10.1. The molecule has 0 unspecified atom stereocenters. The van der Waals surface area contributed by atoms with Gasteiger partial charge < -0.3 is 9.84 Å². The maximum Gasteiger partial charge on any atom is 0.416 e. The predicted molar refractivity (Wildman–Crippen MR) is 73.9 cm³/mol. The molecule has 3 nitrogen and oxygen atoms in total. The van der Waals surface area contributed by atoms with Gasteiger partial charge in [-0.05, 0) is 36.8 Å². The molecule has 0 heterocycles. The van der Waals surface area contributed by atoms with Gasteiger partial charge in [-0.3, -0.25) is 0 Å². The second-order valence-corrected chi connectivity index (χ2v) is 4.85. The average Bonchev–Trinajstić information content (AvgIpc) is 2.46. The SMILES string of the molecule is Cc1cc(C(F)(F)F)ccc1OCc1cccc(C(=O)O)c1F. The van der Waals surface area contributed by atoms with E-state index in [1.54, 1.807) is 0 Å². The predicted octanol–water partition coefficient (Wildman–Crippen LogP) is 4.43. The Hall–Kier alpha value is -2.57. The molecule has 2 aromatic carbocycles. The van der Waals surface area contributed by atoms with Crippen molar-refractivity contribution in [3.05, 3.63) is 64.5 Å². The molecule has 0 aliphatic heterocycles. The summed E-state index contributed by atoms with van der Waals surface area (Å²) in [5, 5.41) is 8.84. The van der Waals surface area contributed by atoms with Crippen molar-refractivity contribution in [1.29, 1.82) is 0 Å². The molecule has 0 fully saturated rings. The number of benzene rings is 2. The van der Waals surface area contributed by atoms with Crippen LogP contribution in [0.3, 0.4) is 0 Å². The molecule has 23 heavy (non-hydrogen) atoms. The number of rotatable bonds is 4. The fourth-order valence-corrected chi connectivity index (χ4v) is 2.00. The maximum atomic E-state index is 13.9. The Morgan fingerprint density at radius 1 is 1.22 bits per heavy atom. The highest BCUT2D eigenvalue weighted by atomic mass is 19.4. The van der Waals surface area contributed by atoms with E-state index in [2.05, 4.69) is 0 Å². The second kappa shape index (κ2) is 6.28. The van der Waals surface area contributed by atoms with Gasteiger partial charge in [0.15, 0.2) is 0 Å². The zero-order chi connectivity index (χ0) is 17.2. The lowest BCUT2D eigenvalue weighted by Crippen LogP contribution is -2.07. The van der Waals surface area contributed by atoms with Gasteiger partial charge in [-0.25, -0.2) is 9.18 Å². The number of hydrogen-bond acceptors (Lipinski definition) is 2. The maximum absolute atomic E-state index is 13.9. The van der Waals surface area contributed by atoms with Crippen LogP contribution in [-0.4, -0.2) is 11.1 Å². The minimum Gasteiger partial charge on any atom is -0.489 e.